The average molecular weight is 312 g/mol. The molecule has 0 heterocycles. The van der Waals surface area contributed by atoms with Crippen LogP contribution in [-0.2, 0) is 0 Å². The standard InChI is InChI=1S/C19H17FO3/c20-18-10-15(9-16(11-21)19(18)22)4-1-13-5-7-17(8-6-13)23-12-14-2-3-14/h1,4-11,14,22H,2-3,12H2. The molecule has 1 N–H and O–H groups in total. The van der Waals surface area contributed by atoms with E-state index in [-0.39, 0.29) is 5.56 Å². The largest absolute Gasteiger partial charge is 0.504 e. The van der Waals surface area contributed by atoms with Gasteiger partial charge in [-0.2, -0.15) is 0 Å². The van der Waals surface area contributed by atoms with Crippen molar-refractivity contribution in [1.29, 1.82) is 0 Å². The molecule has 3 nitrogen and oxygen atoms in total. The molecule has 1 aliphatic carbocycles. The van der Waals surface area contributed by atoms with E-state index >= 15 is 0 Å². The second-order valence-corrected chi connectivity index (χ2v) is 5.72. The first kappa shape index (κ1) is 15.3. The Kier molecular flexibility index (Phi) is 4.42. The van der Waals surface area contributed by atoms with Gasteiger partial charge in [-0.15, -0.1) is 0 Å². The maximum absolute atomic E-state index is 13.5. The maximum Gasteiger partial charge on any atom is 0.166 e. The van der Waals surface area contributed by atoms with Gasteiger partial charge >= 0.3 is 0 Å². The number of aldehydes is 1. The number of phenolic OH excluding ortho intramolecular Hbond substituents is 1. The molecule has 0 bridgehead atoms. The van der Waals surface area contributed by atoms with Gasteiger partial charge in [-0.25, -0.2) is 4.39 Å². The summed E-state index contributed by atoms with van der Waals surface area (Å²) in [6, 6.07) is 10.2. The van der Waals surface area contributed by atoms with Crippen molar-refractivity contribution >= 4 is 18.4 Å². The Morgan fingerprint density at radius 1 is 1.13 bits per heavy atom. The van der Waals surface area contributed by atoms with Gasteiger partial charge in [0.05, 0.1) is 12.2 Å². The fourth-order valence-electron chi connectivity index (χ4n) is 2.19. The summed E-state index contributed by atoms with van der Waals surface area (Å²) in [7, 11) is 0. The molecule has 0 spiro atoms. The minimum Gasteiger partial charge on any atom is -0.504 e. The minimum absolute atomic E-state index is 0.0616. The topological polar surface area (TPSA) is 46.5 Å². The molecule has 0 aliphatic heterocycles. The van der Waals surface area contributed by atoms with Gasteiger partial charge in [-0.1, -0.05) is 24.3 Å². The number of halogens is 1. The summed E-state index contributed by atoms with van der Waals surface area (Å²) >= 11 is 0. The van der Waals surface area contributed by atoms with Gasteiger partial charge in [0.15, 0.2) is 17.9 Å². The van der Waals surface area contributed by atoms with Crippen LogP contribution in [-0.4, -0.2) is 18.0 Å². The smallest absolute Gasteiger partial charge is 0.166 e. The molecule has 1 aliphatic rings. The van der Waals surface area contributed by atoms with Gasteiger partial charge in [0.2, 0.25) is 0 Å². The van der Waals surface area contributed by atoms with Crippen LogP contribution in [0, 0.1) is 11.7 Å². The summed E-state index contributed by atoms with van der Waals surface area (Å²) in [4.78, 5) is 10.8. The highest BCUT2D eigenvalue weighted by atomic mass is 19.1. The zero-order valence-corrected chi connectivity index (χ0v) is 12.5. The second-order valence-electron chi connectivity index (χ2n) is 5.72. The molecule has 0 radical (unpaired) electrons. The summed E-state index contributed by atoms with van der Waals surface area (Å²) in [5, 5.41) is 9.39. The van der Waals surface area contributed by atoms with Crippen LogP contribution in [0.2, 0.25) is 0 Å². The summed E-state index contributed by atoms with van der Waals surface area (Å²) in [5.74, 6) is 0.131. The number of ether oxygens (including phenoxy) is 1. The fraction of sp³-hybridized carbons (Fsp3) is 0.211. The van der Waals surface area contributed by atoms with Gasteiger partial charge in [-0.05, 0) is 54.2 Å². The summed E-state index contributed by atoms with van der Waals surface area (Å²) < 4.78 is 19.2. The van der Waals surface area contributed by atoms with E-state index in [4.69, 9.17) is 4.74 Å². The lowest BCUT2D eigenvalue weighted by Gasteiger charge is -2.05. The van der Waals surface area contributed by atoms with Crippen LogP contribution in [0.25, 0.3) is 12.2 Å². The Labute approximate surface area is 134 Å². The van der Waals surface area contributed by atoms with Crippen LogP contribution in [0.3, 0.4) is 0 Å². The SMILES string of the molecule is O=Cc1cc(C=Cc2ccc(OCC3CC3)cc2)cc(F)c1O. The Balaban J connectivity index is 1.69. The molecule has 1 fully saturated rings. The van der Waals surface area contributed by atoms with Gasteiger partial charge in [0, 0.05) is 0 Å². The quantitative estimate of drug-likeness (QED) is 0.639. The monoisotopic (exact) mass is 312 g/mol. The molecule has 3 rings (SSSR count). The first-order valence-electron chi connectivity index (χ1n) is 7.54. The number of hydrogen-bond acceptors (Lipinski definition) is 3. The number of phenols is 1. The summed E-state index contributed by atoms with van der Waals surface area (Å²) in [6.45, 7) is 0.774. The molecular formula is C19H17FO3. The highest BCUT2D eigenvalue weighted by Crippen LogP contribution is 2.29. The Morgan fingerprint density at radius 3 is 2.48 bits per heavy atom. The van der Waals surface area contributed by atoms with E-state index in [0.29, 0.717) is 17.8 Å². The van der Waals surface area contributed by atoms with Crippen LogP contribution in [0.4, 0.5) is 4.39 Å². The van der Waals surface area contributed by atoms with Crippen molar-refractivity contribution in [3.8, 4) is 11.5 Å². The van der Waals surface area contributed by atoms with Crippen LogP contribution < -0.4 is 4.74 Å². The Morgan fingerprint density at radius 2 is 1.83 bits per heavy atom. The minimum atomic E-state index is -0.807. The number of carbonyl (C=O) groups excluding carboxylic acids is 1. The Bertz CT molecular complexity index is 731. The lowest BCUT2D eigenvalue weighted by molar-refractivity contribution is 0.112. The molecule has 1 saturated carbocycles. The molecule has 23 heavy (non-hydrogen) atoms. The number of carbonyl (C=O) groups is 1. The molecule has 2 aromatic rings. The number of rotatable bonds is 6. The van der Waals surface area contributed by atoms with Crippen molar-refractivity contribution in [3.05, 3.63) is 58.9 Å². The third-order valence-corrected chi connectivity index (χ3v) is 3.77. The second kappa shape index (κ2) is 6.65. The van der Waals surface area contributed by atoms with Crippen molar-refractivity contribution < 1.29 is 19.0 Å². The van der Waals surface area contributed by atoms with Crippen molar-refractivity contribution in [1.82, 2.24) is 0 Å². The molecular weight excluding hydrogens is 295 g/mol. The first-order chi connectivity index (χ1) is 11.2. The lowest BCUT2D eigenvalue weighted by atomic mass is 10.1. The summed E-state index contributed by atoms with van der Waals surface area (Å²) in [6.07, 6.45) is 6.45. The van der Waals surface area contributed by atoms with Crippen LogP contribution in [0.1, 0.15) is 34.3 Å². The van der Waals surface area contributed by atoms with Crippen LogP contribution >= 0.6 is 0 Å². The summed E-state index contributed by atoms with van der Waals surface area (Å²) in [5.41, 5.74) is 1.38. The average Bonchev–Trinajstić information content (AvgIpc) is 3.39. The fourth-order valence-corrected chi connectivity index (χ4v) is 2.19. The molecule has 0 aromatic heterocycles. The van der Waals surface area contributed by atoms with Gasteiger partial charge in [0.25, 0.3) is 0 Å². The molecule has 118 valence electrons. The highest BCUT2D eigenvalue weighted by Gasteiger charge is 2.21. The van der Waals surface area contributed by atoms with Crippen LogP contribution in [0.15, 0.2) is 36.4 Å². The first-order valence-corrected chi connectivity index (χ1v) is 7.54. The van der Waals surface area contributed by atoms with Crippen molar-refractivity contribution in [2.75, 3.05) is 6.61 Å². The van der Waals surface area contributed by atoms with E-state index in [0.717, 1.165) is 17.9 Å². The molecule has 0 atom stereocenters. The van der Waals surface area contributed by atoms with E-state index in [9.17, 15) is 14.3 Å². The lowest BCUT2D eigenvalue weighted by Crippen LogP contribution is -1.98. The van der Waals surface area contributed by atoms with Gasteiger partial charge in [-0.3, -0.25) is 4.79 Å². The van der Waals surface area contributed by atoms with Crippen molar-refractivity contribution in [2.45, 2.75) is 12.8 Å². The molecule has 0 saturated heterocycles. The number of benzene rings is 2. The van der Waals surface area contributed by atoms with Crippen molar-refractivity contribution in [3.63, 3.8) is 0 Å². The predicted molar refractivity (Wildman–Crippen MR) is 87.0 cm³/mol. The maximum atomic E-state index is 13.5. The molecule has 2 aromatic carbocycles. The van der Waals surface area contributed by atoms with E-state index in [1.807, 2.05) is 30.3 Å². The normalized spacial score (nSPS) is 14.1. The number of hydrogen-bond donors (Lipinski definition) is 1. The zero-order valence-electron chi connectivity index (χ0n) is 12.5. The highest BCUT2D eigenvalue weighted by molar-refractivity contribution is 5.82. The van der Waals surface area contributed by atoms with Crippen LogP contribution in [0.5, 0.6) is 11.5 Å². The van der Waals surface area contributed by atoms with E-state index < -0.39 is 11.6 Å². The van der Waals surface area contributed by atoms with Gasteiger partial charge < -0.3 is 9.84 Å². The van der Waals surface area contributed by atoms with Gasteiger partial charge in [0.1, 0.15) is 5.75 Å². The van der Waals surface area contributed by atoms with E-state index in [2.05, 4.69) is 0 Å². The third kappa shape index (κ3) is 3.97. The van der Waals surface area contributed by atoms with Crippen molar-refractivity contribution in [2.24, 2.45) is 5.92 Å². The van der Waals surface area contributed by atoms with E-state index in [1.165, 1.54) is 25.0 Å². The molecule has 0 amide bonds. The zero-order chi connectivity index (χ0) is 16.2. The predicted octanol–water partition coefficient (Wildman–Crippen LogP) is 4.30. The third-order valence-electron chi connectivity index (χ3n) is 3.77. The molecule has 4 heteroatoms. The Hall–Kier alpha value is -2.62. The molecule has 0 unspecified atom stereocenters. The number of aromatic hydroxyl groups is 1. The van der Waals surface area contributed by atoms with E-state index in [1.54, 1.807) is 6.08 Å².